The van der Waals surface area contributed by atoms with Crippen LogP contribution in [0.1, 0.15) is 25.7 Å². The second kappa shape index (κ2) is 3.07. The molecule has 0 spiro atoms. The van der Waals surface area contributed by atoms with Gasteiger partial charge in [-0.25, -0.2) is 0 Å². The zero-order chi connectivity index (χ0) is 9.47. The highest BCUT2D eigenvalue weighted by Gasteiger charge is 2.58. The molecule has 3 nitrogen and oxygen atoms in total. The van der Waals surface area contributed by atoms with Gasteiger partial charge < -0.3 is 9.47 Å². The molecule has 2 aliphatic rings. The molecule has 0 unspecified atom stereocenters. The van der Waals surface area contributed by atoms with Crippen molar-refractivity contribution in [2.75, 3.05) is 14.2 Å². The van der Waals surface area contributed by atoms with Crippen LogP contribution < -0.4 is 0 Å². The highest BCUT2D eigenvalue weighted by Crippen LogP contribution is 2.52. The first-order chi connectivity index (χ1) is 6.23. The van der Waals surface area contributed by atoms with Crippen molar-refractivity contribution >= 4 is 5.78 Å². The van der Waals surface area contributed by atoms with Gasteiger partial charge in [0.15, 0.2) is 5.79 Å². The SMILES string of the molecule is COC1(OC)C[C@@H]2C(=O)CCC[C@H]21. The quantitative estimate of drug-likeness (QED) is 0.608. The predicted molar refractivity (Wildman–Crippen MR) is 47.2 cm³/mol. The lowest BCUT2D eigenvalue weighted by atomic mass is 9.60. The largest absolute Gasteiger partial charge is 0.353 e. The summed E-state index contributed by atoms with van der Waals surface area (Å²) in [5.41, 5.74) is 0. The van der Waals surface area contributed by atoms with E-state index in [-0.39, 0.29) is 5.92 Å². The van der Waals surface area contributed by atoms with Crippen molar-refractivity contribution in [3.8, 4) is 0 Å². The average Bonchev–Trinajstić information content (AvgIpc) is 2.11. The second-order valence-electron chi connectivity index (χ2n) is 4.00. The van der Waals surface area contributed by atoms with Gasteiger partial charge in [0.1, 0.15) is 5.78 Å². The van der Waals surface area contributed by atoms with Crippen molar-refractivity contribution in [3.63, 3.8) is 0 Å². The Morgan fingerprint density at radius 3 is 2.69 bits per heavy atom. The molecule has 0 radical (unpaired) electrons. The fourth-order valence-corrected chi connectivity index (χ4v) is 2.74. The Morgan fingerprint density at radius 2 is 2.08 bits per heavy atom. The number of hydrogen-bond donors (Lipinski definition) is 0. The molecule has 0 N–H and O–H groups in total. The summed E-state index contributed by atoms with van der Waals surface area (Å²) >= 11 is 0. The van der Waals surface area contributed by atoms with Gasteiger partial charge in [-0.05, 0) is 12.8 Å². The van der Waals surface area contributed by atoms with E-state index >= 15 is 0 Å². The van der Waals surface area contributed by atoms with Gasteiger partial charge in [0, 0.05) is 38.9 Å². The minimum Gasteiger partial charge on any atom is -0.353 e. The Bertz CT molecular complexity index is 220. The molecule has 3 heteroatoms. The molecule has 74 valence electrons. The summed E-state index contributed by atoms with van der Waals surface area (Å²) in [7, 11) is 3.33. The van der Waals surface area contributed by atoms with Gasteiger partial charge in [-0.1, -0.05) is 0 Å². The molecule has 0 aromatic rings. The van der Waals surface area contributed by atoms with Crippen molar-refractivity contribution in [2.24, 2.45) is 11.8 Å². The van der Waals surface area contributed by atoms with Crippen molar-refractivity contribution in [3.05, 3.63) is 0 Å². The van der Waals surface area contributed by atoms with Crippen LogP contribution in [0.25, 0.3) is 0 Å². The minimum absolute atomic E-state index is 0.216. The first-order valence-electron chi connectivity index (χ1n) is 4.86. The highest BCUT2D eigenvalue weighted by atomic mass is 16.7. The minimum atomic E-state index is -0.444. The van der Waals surface area contributed by atoms with E-state index in [9.17, 15) is 4.79 Å². The molecule has 2 atom stereocenters. The summed E-state index contributed by atoms with van der Waals surface area (Å²) in [6.07, 6.45) is 3.57. The van der Waals surface area contributed by atoms with Gasteiger partial charge in [-0.15, -0.1) is 0 Å². The fourth-order valence-electron chi connectivity index (χ4n) is 2.74. The van der Waals surface area contributed by atoms with Crippen LogP contribution in [0.3, 0.4) is 0 Å². The lowest BCUT2D eigenvalue weighted by molar-refractivity contribution is -0.309. The molecule has 2 fully saturated rings. The molecule has 2 saturated carbocycles. The number of hydrogen-bond acceptors (Lipinski definition) is 3. The van der Waals surface area contributed by atoms with Gasteiger partial charge in [-0.3, -0.25) is 4.79 Å². The molecular formula is C10H16O3. The van der Waals surface area contributed by atoms with Gasteiger partial charge >= 0.3 is 0 Å². The first-order valence-corrected chi connectivity index (χ1v) is 4.86. The number of Topliss-reactive ketones (excluding diaryl/α,β-unsaturated/α-hetero) is 1. The predicted octanol–water partition coefficient (Wildman–Crippen LogP) is 1.36. The molecular weight excluding hydrogens is 168 g/mol. The van der Waals surface area contributed by atoms with E-state index in [1.807, 2.05) is 0 Å². The number of ketones is 1. The second-order valence-corrected chi connectivity index (χ2v) is 4.00. The van der Waals surface area contributed by atoms with E-state index in [0.29, 0.717) is 11.7 Å². The first kappa shape index (κ1) is 9.16. The Morgan fingerprint density at radius 1 is 1.38 bits per heavy atom. The van der Waals surface area contributed by atoms with E-state index in [1.54, 1.807) is 14.2 Å². The smallest absolute Gasteiger partial charge is 0.171 e. The van der Waals surface area contributed by atoms with Crippen LogP contribution in [-0.4, -0.2) is 25.8 Å². The summed E-state index contributed by atoms with van der Waals surface area (Å²) in [5.74, 6) is 0.485. The van der Waals surface area contributed by atoms with E-state index < -0.39 is 5.79 Å². The summed E-state index contributed by atoms with van der Waals surface area (Å²) in [4.78, 5) is 11.5. The summed E-state index contributed by atoms with van der Waals surface area (Å²) < 4.78 is 10.7. The average molecular weight is 184 g/mol. The number of carbonyl (C=O) groups is 1. The molecule has 0 amide bonds. The molecule has 0 heterocycles. The summed E-state index contributed by atoms with van der Waals surface area (Å²) in [6, 6.07) is 0. The Labute approximate surface area is 78.4 Å². The van der Waals surface area contributed by atoms with Crippen LogP contribution in [-0.2, 0) is 14.3 Å². The third-order valence-corrected chi connectivity index (χ3v) is 3.60. The Kier molecular flexibility index (Phi) is 2.16. The summed E-state index contributed by atoms with van der Waals surface area (Å²) in [5, 5.41) is 0. The maximum atomic E-state index is 11.5. The lowest BCUT2D eigenvalue weighted by Crippen LogP contribution is -2.60. The zero-order valence-corrected chi connectivity index (χ0v) is 8.21. The Hall–Kier alpha value is -0.410. The Balaban J connectivity index is 2.10. The van der Waals surface area contributed by atoms with E-state index in [2.05, 4.69) is 0 Å². The van der Waals surface area contributed by atoms with Crippen LogP contribution in [0.2, 0.25) is 0 Å². The van der Waals surface area contributed by atoms with Crippen molar-refractivity contribution in [1.29, 1.82) is 0 Å². The third kappa shape index (κ3) is 1.14. The number of ether oxygens (including phenoxy) is 2. The molecule has 0 bridgehead atoms. The molecule has 2 rings (SSSR count). The van der Waals surface area contributed by atoms with E-state index in [1.165, 1.54) is 0 Å². The molecule has 0 aromatic carbocycles. The maximum absolute atomic E-state index is 11.5. The molecule has 0 saturated heterocycles. The van der Waals surface area contributed by atoms with Gasteiger partial charge in [0.05, 0.1) is 0 Å². The maximum Gasteiger partial charge on any atom is 0.171 e. The van der Waals surface area contributed by atoms with Crippen LogP contribution >= 0.6 is 0 Å². The standard InChI is InChI=1S/C10H16O3/c1-12-10(13-2)6-7-8(10)4-3-5-9(7)11/h7-8H,3-6H2,1-2H3/t7-,8+/m0/s1. The van der Waals surface area contributed by atoms with Gasteiger partial charge in [0.25, 0.3) is 0 Å². The highest BCUT2D eigenvalue weighted by molar-refractivity contribution is 5.83. The molecule has 0 aromatic heterocycles. The van der Waals surface area contributed by atoms with Gasteiger partial charge in [-0.2, -0.15) is 0 Å². The zero-order valence-electron chi connectivity index (χ0n) is 8.21. The van der Waals surface area contributed by atoms with Crippen molar-refractivity contribution in [1.82, 2.24) is 0 Å². The van der Waals surface area contributed by atoms with Crippen molar-refractivity contribution in [2.45, 2.75) is 31.5 Å². The normalized spacial score (nSPS) is 36.6. The number of rotatable bonds is 2. The third-order valence-electron chi connectivity index (χ3n) is 3.60. The molecule has 0 aliphatic heterocycles. The number of methoxy groups -OCH3 is 2. The molecule has 2 aliphatic carbocycles. The number of fused-ring (bicyclic) bond motifs is 1. The van der Waals surface area contributed by atoms with Crippen LogP contribution in [0, 0.1) is 11.8 Å². The summed E-state index contributed by atoms with van der Waals surface area (Å²) in [6.45, 7) is 0. The fraction of sp³-hybridized carbons (Fsp3) is 0.900. The number of carbonyl (C=O) groups excluding carboxylic acids is 1. The van der Waals surface area contributed by atoms with Crippen LogP contribution in [0.15, 0.2) is 0 Å². The van der Waals surface area contributed by atoms with Crippen LogP contribution in [0.4, 0.5) is 0 Å². The van der Waals surface area contributed by atoms with Crippen LogP contribution in [0.5, 0.6) is 0 Å². The van der Waals surface area contributed by atoms with E-state index in [4.69, 9.17) is 9.47 Å². The lowest BCUT2D eigenvalue weighted by Gasteiger charge is -2.54. The monoisotopic (exact) mass is 184 g/mol. The topological polar surface area (TPSA) is 35.5 Å². The van der Waals surface area contributed by atoms with Crippen molar-refractivity contribution < 1.29 is 14.3 Å². The van der Waals surface area contributed by atoms with Gasteiger partial charge in [0.2, 0.25) is 0 Å². The molecule has 13 heavy (non-hydrogen) atoms. The van der Waals surface area contributed by atoms with E-state index in [0.717, 1.165) is 25.7 Å².